The molecule has 0 fully saturated rings. The lowest BCUT2D eigenvalue weighted by Crippen LogP contribution is -2.29. The smallest absolute Gasteiger partial charge is 0.348 e. The second kappa shape index (κ2) is 6.35. The van der Waals surface area contributed by atoms with Gasteiger partial charge in [-0.3, -0.25) is 9.36 Å². The number of carboxylic acids is 1. The summed E-state index contributed by atoms with van der Waals surface area (Å²) in [6, 6.07) is 6.83. The van der Waals surface area contributed by atoms with Crippen LogP contribution in [0.15, 0.2) is 40.1 Å². The number of carboxylic acid groups (broad SMARTS) is 1. The van der Waals surface area contributed by atoms with Crippen molar-refractivity contribution >= 4 is 29.0 Å². The third kappa shape index (κ3) is 3.29. The number of methoxy groups -OCH3 is 1. The molecule has 0 aliphatic carbocycles. The fourth-order valence-electron chi connectivity index (χ4n) is 1.58. The van der Waals surface area contributed by atoms with Gasteiger partial charge in [0.15, 0.2) is 4.80 Å². The van der Waals surface area contributed by atoms with E-state index < -0.39 is 17.5 Å². The number of carbonyl (C=O) groups is 2. The first-order valence-electron chi connectivity index (χ1n) is 6.08. The predicted molar refractivity (Wildman–Crippen MR) is 76.9 cm³/mol. The average Bonchev–Trinajstić information content (AvgIpc) is 2.51. The first-order chi connectivity index (χ1) is 10.4. The van der Waals surface area contributed by atoms with E-state index in [9.17, 15) is 19.5 Å². The molecule has 22 heavy (non-hydrogen) atoms. The van der Waals surface area contributed by atoms with Crippen molar-refractivity contribution in [2.24, 2.45) is 12.0 Å². The van der Waals surface area contributed by atoms with Crippen LogP contribution in [0, 0.1) is 0 Å². The average molecular weight is 319 g/mol. The molecule has 1 aromatic carbocycles. The summed E-state index contributed by atoms with van der Waals surface area (Å²) in [5.41, 5.74) is 0.0716. The van der Waals surface area contributed by atoms with Crippen LogP contribution in [0.3, 0.4) is 0 Å². The van der Waals surface area contributed by atoms with Crippen LogP contribution in [0.4, 0.5) is 5.69 Å². The van der Waals surface area contributed by atoms with Crippen molar-refractivity contribution in [3.8, 4) is 0 Å². The van der Waals surface area contributed by atoms with Gasteiger partial charge in [-0.05, 0) is 17.7 Å². The number of carbonyl (C=O) groups excluding carboxylic acids is 2. The lowest BCUT2D eigenvalue weighted by molar-refractivity contribution is -0.255. The van der Waals surface area contributed by atoms with E-state index in [-0.39, 0.29) is 15.2 Å². The van der Waals surface area contributed by atoms with Crippen molar-refractivity contribution < 1.29 is 19.4 Å². The molecule has 114 valence electrons. The lowest BCUT2D eigenvalue weighted by Gasteiger charge is -2.03. The minimum atomic E-state index is -1.28. The van der Waals surface area contributed by atoms with E-state index in [1.165, 1.54) is 49.1 Å². The number of ether oxygens (including phenoxy) is 1. The minimum Gasteiger partial charge on any atom is -0.545 e. The molecule has 8 heteroatoms. The molecule has 2 rings (SSSR count). The third-order valence-corrected chi connectivity index (χ3v) is 3.84. The summed E-state index contributed by atoms with van der Waals surface area (Å²) in [7, 11) is 2.75. The van der Waals surface area contributed by atoms with Gasteiger partial charge in [0.2, 0.25) is 0 Å². The largest absolute Gasteiger partial charge is 0.545 e. The summed E-state index contributed by atoms with van der Waals surface area (Å²) >= 11 is 0.994. The Balaban J connectivity index is 2.55. The fraction of sp³-hybridized carbons (Fsp3) is 0.143. The Hall–Kier alpha value is -2.74. The number of aromatic nitrogens is 1. The quantitative estimate of drug-likeness (QED) is 0.731. The molecule has 0 amide bonds. The van der Waals surface area contributed by atoms with E-state index in [4.69, 9.17) is 0 Å². The van der Waals surface area contributed by atoms with Gasteiger partial charge in [0.25, 0.3) is 5.56 Å². The zero-order chi connectivity index (χ0) is 16.3. The Morgan fingerprint density at radius 1 is 1.27 bits per heavy atom. The number of hydrogen-bond donors (Lipinski definition) is 0. The first kappa shape index (κ1) is 15.6. The Bertz CT molecular complexity index is 849. The molecule has 0 aliphatic rings. The van der Waals surface area contributed by atoms with Gasteiger partial charge in [0.1, 0.15) is 4.88 Å². The molecule has 0 saturated heterocycles. The SMILES string of the molecule is COC(=O)c1cc(=O)n(C)c(=Nc2ccc(C(=O)[O-])cc2)s1. The number of esters is 1. The topological polar surface area (TPSA) is 101 Å². The molecular formula is C14H11N2O5S-. The van der Waals surface area contributed by atoms with E-state index in [1.54, 1.807) is 0 Å². The second-order valence-corrected chi connectivity index (χ2v) is 5.24. The van der Waals surface area contributed by atoms with Gasteiger partial charge in [0, 0.05) is 13.1 Å². The van der Waals surface area contributed by atoms with Crippen molar-refractivity contribution in [2.75, 3.05) is 7.11 Å². The van der Waals surface area contributed by atoms with E-state index >= 15 is 0 Å². The van der Waals surface area contributed by atoms with E-state index in [1.807, 2.05) is 0 Å². The normalized spacial score (nSPS) is 11.3. The highest BCUT2D eigenvalue weighted by Gasteiger charge is 2.09. The standard InChI is InChI=1S/C14H12N2O5S/c1-16-11(17)7-10(13(20)21-2)22-14(16)15-9-5-3-8(4-6-9)12(18)19/h3-7H,1-2H3,(H,18,19)/p-1. The van der Waals surface area contributed by atoms with Crippen molar-refractivity contribution in [3.63, 3.8) is 0 Å². The number of rotatable bonds is 3. The monoisotopic (exact) mass is 319 g/mol. The molecular weight excluding hydrogens is 308 g/mol. The summed E-state index contributed by atoms with van der Waals surface area (Å²) in [4.78, 5) is 38.7. The number of nitrogens with zero attached hydrogens (tertiary/aromatic N) is 2. The molecule has 7 nitrogen and oxygen atoms in total. The zero-order valence-corrected chi connectivity index (χ0v) is 12.5. The maximum Gasteiger partial charge on any atom is 0.348 e. The van der Waals surface area contributed by atoms with Gasteiger partial charge in [0.05, 0.1) is 18.8 Å². The molecule has 2 aromatic rings. The lowest BCUT2D eigenvalue weighted by atomic mass is 10.2. The number of hydrogen-bond acceptors (Lipinski definition) is 7. The van der Waals surface area contributed by atoms with Crippen LogP contribution >= 0.6 is 11.3 Å². The molecule has 0 spiro atoms. The summed E-state index contributed by atoms with van der Waals surface area (Å²) < 4.78 is 5.87. The maximum absolute atomic E-state index is 11.8. The summed E-state index contributed by atoms with van der Waals surface area (Å²) in [6.07, 6.45) is 0. The molecule has 0 unspecified atom stereocenters. The van der Waals surface area contributed by atoms with Gasteiger partial charge in [-0.2, -0.15) is 0 Å². The Kier molecular flexibility index (Phi) is 4.52. The van der Waals surface area contributed by atoms with Gasteiger partial charge in [-0.25, -0.2) is 9.79 Å². The van der Waals surface area contributed by atoms with Gasteiger partial charge in [-0.15, -0.1) is 0 Å². The molecule has 0 aliphatic heterocycles. The second-order valence-electron chi connectivity index (χ2n) is 4.23. The predicted octanol–water partition coefficient (Wildman–Crippen LogP) is -0.171. The molecule has 0 radical (unpaired) electrons. The molecule has 0 saturated carbocycles. The molecule has 0 bridgehead atoms. The summed E-state index contributed by atoms with van der Waals surface area (Å²) in [5, 5.41) is 10.7. The Labute approximate surface area is 128 Å². The Morgan fingerprint density at radius 3 is 2.45 bits per heavy atom. The van der Waals surface area contributed by atoms with Crippen molar-refractivity contribution in [2.45, 2.75) is 0 Å². The van der Waals surface area contributed by atoms with E-state index in [0.29, 0.717) is 5.69 Å². The van der Waals surface area contributed by atoms with Gasteiger partial charge < -0.3 is 14.6 Å². The first-order valence-corrected chi connectivity index (χ1v) is 6.89. The van der Waals surface area contributed by atoms with Crippen LogP contribution < -0.4 is 15.5 Å². The highest BCUT2D eigenvalue weighted by Crippen LogP contribution is 2.12. The highest BCUT2D eigenvalue weighted by molar-refractivity contribution is 7.11. The van der Waals surface area contributed by atoms with Crippen LogP contribution in [0.25, 0.3) is 0 Å². The highest BCUT2D eigenvalue weighted by atomic mass is 32.1. The molecule has 0 N–H and O–H groups in total. The van der Waals surface area contributed by atoms with Crippen molar-refractivity contribution in [1.82, 2.24) is 4.57 Å². The third-order valence-electron chi connectivity index (χ3n) is 2.79. The Morgan fingerprint density at radius 2 is 1.91 bits per heavy atom. The van der Waals surface area contributed by atoms with Gasteiger partial charge in [-0.1, -0.05) is 23.5 Å². The molecule has 1 heterocycles. The van der Waals surface area contributed by atoms with Crippen molar-refractivity contribution in [1.29, 1.82) is 0 Å². The van der Waals surface area contributed by atoms with E-state index in [0.717, 1.165) is 11.3 Å². The molecule has 0 atom stereocenters. The van der Waals surface area contributed by atoms with E-state index in [2.05, 4.69) is 9.73 Å². The fourth-order valence-corrected chi connectivity index (χ4v) is 2.48. The summed E-state index contributed by atoms with van der Waals surface area (Å²) in [5.74, 6) is -1.90. The molecule has 1 aromatic heterocycles. The minimum absolute atomic E-state index is 0.0276. The van der Waals surface area contributed by atoms with Gasteiger partial charge >= 0.3 is 5.97 Å². The maximum atomic E-state index is 11.8. The van der Waals surface area contributed by atoms with Crippen LogP contribution in [-0.4, -0.2) is 23.6 Å². The van der Waals surface area contributed by atoms with Crippen LogP contribution in [-0.2, 0) is 11.8 Å². The summed E-state index contributed by atoms with van der Waals surface area (Å²) in [6.45, 7) is 0. The van der Waals surface area contributed by atoms with Crippen LogP contribution in [0.5, 0.6) is 0 Å². The van der Waals surface area contributed by atoms with Crippen LogP contribution in [0.2, 0.25) is 0 Å². The zero-order valence-electron chi connectivity index (χ0n) is 11.7. The number of aromatic carboxylic acids is 1. The van der Waals surface area contributed by atoms with Crippen molar-refractivity contribution in [3.05, 3.63) is 55.9 Å². The number of benzene rings is 1. The van der Waals surface area contributed by atoms with Crippen LogP contribution in [0.1, 0.15) is 20.0 Å².